The third-order valence-corrected chi connectivity index (χ3v) is 1.78. The average molecular weight is 181 g/mol. The molecule has 0 fully saturated rings. The van der Waals surface area contributed by atoms with Gasteiger partial charge in [-0.3, -0.25) is 14.8 Å². The predicted octanol–water partition coefficient (Wildman–Crippen LogP) is -0.0881. The van der Waals surface area contributed by atoms with Gasteiger partial charge in [0.2, 0.25) is 0 Å². The van der Waals surface area contributed by atoms with Gasteiger partial charge in [-0.25, -0.2) is 0 Å². The molecule has 0 aliphatic carbocycles. The lowest BCUT2D eigenvalue weighted by Crippen LogP contribution is -2.23. The maximum Gasteiger partial charge on any atom is 0.313 e. The topological polar surface area (TPSA) is 89.1 Å². The molecule has 0 spiro atoms. The van der Waals surface area contributed by atoms with Gasteiger partial charge in [0.05, 0.1) is 11.4 Å². The number of aryl methyl sites for hydroxylation is 1. The predicted molar refractivity (Wildman–Crippen MR) is 46.2 cm³/mol. The van der Waals surface area contributed by atoms with Crippen molar-refractivity contribution in [3.8, 4) is 0 Å². The van der Waals surface area contributed by atoms with E-state index < -0.39 is 11.9 Å². The molecular formula is C8H11N3O2. The van der Waals surface area contributed by atoms with E-state index >= 15 is 0 Å². The molecule has 0 saturated heterocycles. The minimum atomic E-state index is -0.967. The van der Waals surface area contributed by atoms with E-state index in [0.29, 0.717) is 11.4 Å². The molecule has 5 heteroatoms. The van der Waals surface area contributed by atoms with Gasteiger partial charge in [-0.15, -0.1) is 0 Å². The van der Waals surface area contributed by atoms with Crippen LogP contribution in [-0.4, -0.2) is 27.6 Å². The first-order valence-electron chi connectivity index (χ1n) is 3.87. The van der Waals surface area contributed by atoms with E-state index in [2.05, 4.69) is 9.97 Å². The Hall–Kier alpha value is -1.49. The van der Waals surface area contributed by atoms with Crippen LogP contribution >= 0.6 is 0 Å². The van der Waals surface area contributed by atoms with Crippen LogP contribution in [0.25, 0.3) is 0 Å². The Labute approximate surface area is 75.6 Å². The molecule has 0 radical (unpaired) electrons. The Morgan fingerprint density at radius 2 is 2.23 bits per heavy atom. The molecule has 1 atom stereocenters. The largest absolute Gasteiger partial charge is 0.481 e. The van der Waals surface area contributed by atoms with Gasteiger partial charge in [0, 0.05) is 18.9 Å². The normalized spacial score (nSPS) is 12.5. The molecular weight excluding hydrogens is 170 g/mol. The maximum atomic E-state index is 10.7. The first-order valence-corrected chi connectivity index (χ1v) is 3.87. The molecule has 13 heavy (non-hydrogen) atoms. The molecule has 1 aromatic rings. The lowest BCUT2D eigenvalue weighted by Gasteiger charge is -2.09. The lowest BCUT2D eigenvalue weighted by atomic mass is 10.0. The number of nitrogens with zero attached hydrogens (tertiary/aromatic N) is 2. The number of nitrogens with two attached hydrogens (primary N) is 1. The fraction of sp³-hybridized carbons (Fsp3) is 0.375. The molecule has 0 bridgehead atoms. The summed E-state index contributed by atoms with van der Waals surface area (Å²) in [6.07, 6.45) is 2.99. The molecule has 0 aliphatic rings. The van der Waals surface area contributed by atoms with Crippen molar-refractivity contribution in [2.45, 2.75) is 12.8 Å². The Kier molecular flexibility index (Phi) is 2.92. The van der Waals surface area contributed by atoms with Crippen LogP contribution in [-0.2, 0) is 4.79 Å². The van der Waals surface area contributed by atoms with Crippen LogP contribution in [0, 0.1) is 6.92 Å². The number of aromatic nitrogens is 2. The number of hydrogen-bond donors (Lipinski definition) is 2. The number of hydrogen-bond acceptors (Lipinski definition) is 4. The van der Waals surface area contributed by atoms with Crippen LogP contribution in [0.4, 0.5) is 0 Å². The monoisotopic (exact) mass is 181 g/mol. The van der Waals surface area contributed by atoms with Crippen molar-refractivity contribution in [1.82, 2.24) is 9.97 Å². The highest BCUT2D eigenvalue weighted by Gasteiger charge is 2.21. The first kappa shape index (κ1) is 9.60. The smallest absolute Gasteiger partial charge is 0.313 e. The highest BCUT2D eigenvalue weighted by atomic mass is 16.4. The van der Waals surface area contributed by atoms with Crippen LogP contribution < -0.4 is 5.73 Å². The molecule has 0 saturated carbocycles. The van der Waals surface area contributed by atoms with Crippen molar-refractivity contribution in [2.24, 2.45) is 5.73 Å². The minimum absolute atomic E-state index is 0.0366. The molecule has 5 nitrogen and oxygen atoms in total. The van der Waals surface area contributed by atoms with Gasteiger partial charge in [0.15, 0.2) is 0 Å². The summed E-state index contributed by atoms with van der Waals surface area (Å²) >= 11 is 0. The second-order valence-corrected chi connectivity index (χ2v) is 2.65. The molecule has 1 rings (SSSR count). The summed E-state index contributed by atoms with van der Waals surface area (Å²) in [5, 5.41) is 8.80. The van der Waals surface area contributed by atoms with Gasteiger partial charge >= 0.3 is 5.97 Å². The summed E-state index contributed by atoms with van der Waals surface area (Å²) in [5.41, 5.74) is 6.38. The Bertz CT molecular complexity index is 314. The van der Waals surface area contributed by atoms with Crippen molar-refractivity contribution < 1.29 is 9.90 Å². The summed E-state index contributed by atoms with van der Waals surface area (Å²) in [5.74, 6) is -1.72. The van der Waals surface area contributed by atoms with E-state index in [4.69, 9.17) is 10.8 Å². The number of carboxylic acid groups (broad SMARTS) is 1. The van der Waals surface area contributed by atoms with E-state index in [-0.39, 0.29) is 6.54 Å². The molecule has 3 N–H and O–H groups in total. The zero-order valence-electron chi connectivity index (χ0n) is 7.27. The molecule has 70 valence electrons. The van der Waals surface area contributed by atoms with Crippen LogP contribution in [0.3, 0.4) is 0 Å². The molecule has 0 aliphatic heterocycles. The zero-order chi connectivity index (χ0) is 9.84. The quantitative estimate of drug-likeness (QED) is 0.680. The number of aliphatic carboxylic acids is 1. The standard InChI is InChI=1S/C8H11N3O2/c1-5-7(11-3-2-10-5)6(4-9)8(12)13/h2-3,6H,4,9H2,1H3,(H,12,13). The van der Waals surface area contributed by atoms with Crippen LogP contribution in [0.1, 0.15) is 17.3 Å². The van der Waals surface area contributed by atoms with Gasteiger partial charge in [-0.1, -0.05) is 0 Å². The van der Waals surface area contributed by atoms with Crippen molar-refractivity contribution in [3.63, 3.8) is 0 Å². The molecule has 0 aromatic carbocycles. The van der Waals surface area contributed by atoms with Gasteiger partial charge in [0.25, 0.3) is 0 Å². The van der Waals surface area contributed by atoms with E-state index in [1.165, 1.54) is 12.4 Å². The highest BCUT2D eigenvalue weighted by Crippen LogP contribution is 2.13. The van der Waals surface area contributed by atoms with Crippen LogP contribution in [0.2, 0.25) is 0 Å². The molecule has 1 unspecified atom stereocenters. The van der Waals surface area contributed by atoms with Gasteiger partial charge in [-0.2, -0.15) is 0 Å². The second kappa shape index (κ2) is 3.95. The van der Waals surface area contributed by atoms with Crippen molar-refractivity contribution in [1.29, 1.82) is 0 Å². The molecule has 0 amide bonds. The van der Waals surface area contributed by atoms with Crippen LogP contribution in [0.15, 0.2) is 12.4 Å². The summed E-state index contributed by atoms with van der Waals surface area (Å²) in [7, 11) is 0. The Balaban J connectivity index is 3.04. The van der Waals surface area contributed by atoms with Crippen molar-refractivity contribution in [3.05, 3.63) is 23.8 Å². The van der Waals surface area contributed by atoms with Crippen molar-refractivity contribution >= 4 is 5.97 Å². The highest BCUT2D eigenvalue weighted by molar-refractivity contribution is 5.75. The average Bonchev–Trinajstić information content (AvgIpc) is 2.09. The van der Waals surface area contributed by atoms with E-state index in [0.717, 1.165) is 0 Å². The summed E-state index contributed by atoms with van der Waals surface area (Å²) in [4.78, 5) is 18.6. The Morgan fingerprint density at radius 3 is 2.69 bits per heavy atom. The second-order valence-electron chi connectivity index (χ2n) is 2.65. The number of rotatable bonds is 3. The summed E-state index contributed by atoms with van der Waals surface area (Å²) in [6.45, 7) is 1.75. The van der Waals surface area contributed by atoms with Gasteiger partial charge in [0.1, 0.15) is 5.92 Å². The molecule has 1 heterocycles. The SMILES string of the molecule is Cc1nccnc1C(CN)C(=O)O. The third-order valence-electron chi connectivity index (χ3n) is 1.78. The summed E-state index contributed by atoms with van der Waals surface area (Å²) in [6, 6.07) is 0. The fourth-order valence-electron chi connectivity index (χ4n) is 1.09. The number of carboxylic acids is 1. The zero-order valence-corrected chi connectivity index (χ0v) is 7.27. The Morgan fingerprint density at radius 1 is 1.62 bits per heavy atom. The third kappa shape index (κ3) is 2.00. The summed E-state index contributed by atoms with van der Waals surface area (Å²) < 4.78 is 0. The first-order chi connectivity index (χ1) is 6.16. The fourth-order valence-corrected chi connectivity index (χ4v) is 1.09. The van der Waals surface area contributed by atoms with E-state index in [1.807, 2.05) is 0 Å². The maximum absolute atomic E-state index is 10.7. The van der Waals surface area contributed by atoms with E-state index in [1.54, 1.807) is 6.92 Å². The van der Waals surface area contributed by atoms with Crippen molar-refractivity contribution in [2.75, 3.05) is 6.54 Å². The minimum Gasteiger partial charge on any atom is -0.481 e. The van der Waals surface area contributed by atoms with Gasteiger partial charge in [-0.05, 0) is 6.92 Å². The lowest BCUT2D eigenvalue weighted by molar-refractivity contribution is -0.138. The molecule has 1 aromatic heterocycles. The number of carbonyl (C=O) groups is 1. The van der Waals surface area contributed by atoms with E-state index in [9.17, 15) is 4.79 Å². The van der Waals surface area contributed by atoms with Crippen LogP contribution in [0.5, 0.6) is 0 Å². The van der Waals surface area contributed by atoms with Gasteiger partial charge < -0.3 is 10.8 Å².